The van der Waals surface area contributed by atoms with Crippen molar-refractivity contribution in [1.29, 1.82) is 5.26 Å². The predicted molar refractivity (Wildman–Crippen MR) is 113 cm³/mol. The summed E-state index contributed by atoms with van der Waals surface area (Å²) in [4.78, 5) is 4.07. The van der Waals surface area contributed by atoms with Gasteiger partial charge in [0.1, 0.15) is 11.9 Å². The van der Waals surface area contributed by atoms with Crippen LogP contribution in [0.1, 0.15) is 40.7 Å². The first kappa shape index (κ1) is 21.2. The number of amidine groups is 1. The van der Waals surface area contributed by atoms with E-state index in [-0.39, 0.29) is 5.56 Å². The average molecular weight is 410 g/mol. The zero-order valence-corrected chi connectivity index (χ0v) is 16.8. The van der Waals surface area contributed by atoms with E-state index in [1.807, 2.05) is 6.07 Å². The van der Waals surface area contributed by atoms with E-state index in [9.17, 15) is 18.4 Å². The number of halogens is 3. The van der Waals surface area contributed by atoms with Crippen molar-refractivity contribution < 1.29 is 13.2 Å². The molecule has 0 bridgehead atoms. The van der Waals surface area contributed by atoms with E-state index >= 15 is 0 Å². The van der Waals surface area contributed by atoms with Crippen LogP contribution in [-0.4, -0.2) is 12.0 Å². The van der Waals surface area contributed by atoms with Gasteiger partial charge < -0.3 is 0 Å². The van der Waals surface area contributed by atoms with Gasteiger partial charge >= 0.3 is 6.18 Å². The molecule has 0 saturated carbocycles. The zero-order chi connectivity index (χ0) is 21.9. The quantitative estimate of drug-likeness (QED) is 0.698. The first-order chi connectivity index (χ1) is 14.2. The second-order valence-electron chi connectivity index (χ2n) is 7.18. The summed E-state index contributed by atoms with van der Waals surface area (Å²) in [5, 5.41) is 11.2. The Hall–Kier alpha value is -3.53. The molecule has 1 unspecified atom stereocenters. The van der Waals surface area contributed by atoms with Crippen molar-refractivity contribution in [2.24, 2.45) is 4.99 Å². The minimum Gasteiger partial charge on any atom is -0.281 e. The molecule has 0 saturated heterocycles. The monoisotopic (exact) mass is 410 g/mol. The molecule has 7 heteroatoms. The smallest absolute Gasteiger partial charge is 0.281 e. The molecule has 4 nitrogen and oxygen atoms in total. The number of aliphatic imine (C=N–C) groups is 1. The van der Waals surface area contributed by atoms with Crippen LogP contribution < -0.4 is 10.4 Å². The minimum absolute atomic E-state index is 0.200. The molecule has 1 aliphatic rings. The Bertz CT molecular complexity index is 1050. The summed E-state index contributed by atoms with van der Waals surface area (Å²) < 4.78 is 41.2. The van der Waals surface area contributed by atoms with Crippen molar-refractivity contribution in [2.75, 3.05) is 5.01 Å². The highest BCUT2D eigenvalue weighted by molar-refractivity contribution is 5.84. The van der Waals surface area contributed by atoms with E-state index in [0.717, 1.165) is 17.2 Å². The van der Waals surface area contributed by atoms with Gasteiger partial charge in [0.05, 0.1) is 17.2 Å². The molecular weight excluding hydrogens is 389 g/mol. The van der Waals surface area contributed by atoms with E-state index in [0.29, 0.717) is 22.6 Å². The average Bonchev–Trinajstić information content (AvgIpc) is 2.66. The van der Waals surface area contributed by atoms with Crippen LogP contribution >= 0.6 is 0 Å². The molecule has 1 aliphatic heterocycles. The van der Waals surface area contributed by atoms with Crippen LogP contribution in [0.2, 0.25) is 0 Å². The van der Waals surface area contributed by atoms with Crippen LogP contribution in [0, 0.1) is 25.2 Å². The van der Waals surface area contributed by atoms with Crippen molar-refractivity contribution in [2.45, 2.75) is 32.9 Å². The fraction of sp³-hybridized carbons (Fsp3) is 0.217. The third-order valence-electron chi connectivity index (χ3n) is 4.60. The topological polar surface area (TPSA) is 51.4 Å². The summed E-state index contributed by atoms with van der Waals surface area (Å²) in [5.41, 5.74) is 6.20. The molecule has 2 aromatic carbocycles. The fourth-order valence-electron chi connectivity index (χ4n) is 3.36. The Morgan fingerprint density at radius 2 is 1.80 bits per heavy atom. The second-order valence-corrected chi connectivity index (χ2v) is 7.18. The predicted octanol–water partition coefficient (Wildman–Crippen LogP) is 5.75. The number of hydrogen-bond donors (Lipinski definition) is 1. The summed E-state index contributed by atoms with van der Waals surface area (Å²) in [5.74, 6) is -1.07. The number of allylic oxidation sites excluding steroid dienone is 1. The molecule has 0 fully saturated rings. The van der Waals surface area contributed by atoms with Gasteiger partial charge in [0.2, 0.25) is 0 Å². The normalized spacial score (nSPS) is 15.0. The van der Waals surface area contributed by atoms with Crippen LogP contribution in [0.4, 0.5) is 18.9 Å². The van der Waals surface area contributed by atoms with Crippen LogP contribution in [0.25, 0.3) is 6.08 Å². The maximum Gasteiger partial charge on any atom is 0.399 e. The van der Waals surface area contributed by atoms with Gasteiger partial charge in [-0.3, -0.25) is 10.4 Å². The molecular formula is C23H21F3N4. The van der Waals surface area contributed by atoms with Gasteiger partial charge in [-0.25, -0.2) is 4.99 Å². The highest BCUT2D eigenvalue weighted by Crippen LogP contribution is 2.37. The van der Waals surface area contributed by atoms with E-state index in [1.54, 1.807) is 68.5 Å². The molecule has 0 aromatic heterocycles. The lowest BCUT2D eigenvalue weighted by Crippen LogP contribution is -2.39. The van der Waals surface area contributed by atoms with Gasteiger partial charge in [-0.1, -0.05) is 47.5 Å². The van der Waals surface area contributed by atoms with Crippen molar-refractivity contribution in [1.82, 2.24) is 5.43 Å². The number of rotatable bonds is 4. The third-order valence-corrected chi connectivity index (χ3v) is 4.60. The first-order valence-electron chi connectivity index (χ1n) is 9.31. The summed E-state index contributed by atoms with van der Waals surface area (Å²) in [6.45, 7) is 5.34. The second kappa shape index (κ2) is 8.46. The number of hydrazine groups is 1. The number of alkyl halides is 3. The lowest BCUT2D eigenvalue weighted by atomic mass is 9.94. The fourth-order valence-corrected chi connectivity index (χ4v) is 3.36. The molecule has 1 atom stereocenters. The molecule has 0 radical (unpaired) electrons. The standard InChI is InChI=1S/C23H21F3N4/c1-15-10-16(2)12-19(11-15)21(23(24,25)26)6-4-18-5-7-22(20(13-18)14-27)30-9-8-28-17(3)29-30/h4-13,21H,1-3H3,(H,28,29)/b6-4+. The van der Waals surface area contributed by atoms with Gasteiger partial charge in [-0.2, -0.15) is 18.4 Å². The van der Waals surface area contributed by atoms with Crippen LogP contribution in [0.5, 0.6) is 0 Å². The van der Waals surface area contributed by atoms with Crippen molar-refractivity contribution in [3.05, 3.63) is 82.7 Å². The van der Waals surface area contributed by atoms with Crippen molar-refractivity contribution >= 4 is 17.6 Å². The van der Waals surface area contributed by atoms with Crippen LogP contribution in [-0.2, 0) is 0 Å². The third kappa shape index (κ3) is 4.90. The Balaban J connectivity index is 1.92. The number of hydrogen-bond acceptors (Lipinski definition) is 4. The van der Waals surface area contributed by atoms with E-state index in [4.69, 9.17) is 0 Å². The van der Waals surface area contributed by atoms with E-state index in [1.165, 1.54) is 6.08 Å². The Morgan fingerprint density at radius 1 is 1.10 bits per heavy atom. The molecule has 1 N–H and O–H groups in total. The van der Waals surface area contributed by atoms with Gasteiger partial charge in [0.25, 0.3) is 0 Å². The lowest BCUT2D eigenvalue weighted by Gasteiger charge is -2.25. The van der Waals surface area contributed by atoms with E-state index in [2.05, 4.69) is 16.5 Å². The maximum atomic E-state index is 13.7. The largest absolute Gasteiger partial charge is 0.399 e. The summed E-state index contributed by atoms with van der Waals surface area (Å²) in [6, 6.07) is 12.0. The SMILES string of the molecule is CC1=NC=CN(c2ccc(/C=C/C(c3cc(C)cc(C)c3)C(F)(F)F)cc2C#N)N1. The summed E-state index contributed by atoms with van der Waals surface area (Å²) in [6.07, 6.45) is 1.39. The van der Waals surface area contributed by atoms with Gasteiger partial charge in [-0.05, 0) is 44.0 Å². The lowest BCUT2D eigenvalue weighted by molar-refractivity contribution is -0.139. The minimum atomic E-state index is -4.42. The molecule has 3 rings (SSSR count). The Labute approximate surface area is 173 Å². The number of aryl methyl sites for hydroxylation is 2. The van der Waals surface area contributed by atoms with E-state index < -0.39 is 12.1 Å². The maximum absolute atomic E-state index is 13.7. The number of anilines is 1. The number of nitriles is 1. The number of nitrogens with zero attached hydrogens (tertiary/aromatic N) is 3. The molecule has 154 valence electrons. The molecule has 0 spiro atoms. The van der Waals surface area contributed by atoms with Crippen molar-refractivity contribution in [3.8, 4) is 6.07 Å². The Morgan fingerprint density at radius 3 is 2.40 bits per heavy atom. The molecule has 0 amide bonds. The number of benzene rings is 2. The molecule has 1 heterocycles. The molecule has 0 aliphatic carbocycles. The van der Waals surface area contributed by atoms with Gasteiger partial charge in [0, 0.05) is 12.4 Å². The molecule has 30 heavy (non-hydrogen) atoms. The molecule has 2 aromatic rings. The highest BCUT2D eigenvalue weighted by atomic mass is 19.4. The van der Waals surface area contributed by atoms with Gasteiger partial charge in [-0.15, -0.1) is 0 Å². The zero-order valence-electron chi connectivity index (χ0n) is 16.8. The summed E-state index contributed by atoms with van der Waals surface area (Å²) >= 11 is 0. The highest BCUT2D eigenvalue weighted by Gasteiger charge is 2.39. The van der Waals surface area contributed by atoms with Crippen LogP contribution in [0.15, 0.2) is 59.9 Å². The first-order valence-corrected chi connectivity index (χ1v) is 9.31. The number of nitrogens with one attached hydrogen (secondary N) is 1. The summed E-state index contributed by atoms with van der Waals surface area (Å²) in [7, 11) is 0. The Kier molecular flexibility index (Phi) is 5.97. The van der Waals surface area contributed by atoms with Crippen LogP contribution in [0.3, 0.4) is 0 Å². The van der Waals surface area contributed by atoms with Crippen molar-refractivity contribution in [3.63, 3.8) is 0 Å². The van der Waals surface area contributed by atoms with Gasteiger partial charge in [0.15, 0.2) is 0 Å².